The van der Waals surface area contributed by atoms with Crippen LogP contribution in [0.1, 0.15) is 13.3 Å². The fourth-order valence-corrected chi connectivity index (χ4v) is 2.18. The lowest BCUT2D eigenvalue weighted by Crippen LogP contribution is -2.17. The molecule has 1 aliphatic heterocycles. The largest absolute Gasteiger partial charge is 0.383 e. The van der Waals surface area contributed by atoms with Crippen molar-refractivity contribution in [2.24, 2.45) is 5.92 Å². The Morgan fingerprint density at radius 1 is 1.33 bits per heavy atom. The number of hydrogen-bond donors (Lipinski definition) is 2. The van der Waals surface area contributed by atoms with Crippen molar-refractivity contribution >= 4 is 34.0 Å². The van der Waals surface area contributed by atoms with Crippen molar-refractivity contribution in [1.29, 1.82) is 0 Å². The first-order valence-corrected chi connectivity index (χ1v) is 6.25. The Morgan fingerprint density at radius 3 is 2.53 bits per heavy atom. The fourth-order valence-electron chi connectivity index (χ4n) is 1.71. The molecule has 1 unspecified atom stereocenters. The SMILES string of the molecule is CCC1CNc2cc(F)c(I)cc2NC1. The molecule has 0 aliphatic carbocycles. The van der Waals surface area contributed by atoms with Crippen LogP contribution in [0.4, 0.5) is 15.8 Å². The van der Waals surface area contributed by atoms with Crippen molar-refractivity contribution < 1.29 is 4.39 Å². The third-order valence-electron chi connectivity index (χ3n) is 2.80. The van der Waals surface area contributed by atoms with Crippen LogP contribution in [0, 0.1) is 15.3 Å². The number of hydrogen-bond acceptors (Lipinski definition) is 2. The summed E-state index contributed by atoms with van der Waals surface area (Å²) < 4.78 is 14.0. The predicted octanol–water partition coefficient (Wildman–Crippen LogP) is 3.29. The van der Waals surface area contributed by atoms with E-state index in [9.17, 15) is 4.39 Å². The molecular formula is C11H14FIN2. The Hall–Kier alpha value is -0.520. The quantitative estimate of drug-likeness (QED) is 0.776. The Labute approximate surface area is 103 Å². The molecule has 1 aromatic carbocycles. The van der Waals surface area contributed by atoms with Crippen LogP contribution in [-0.2, 0) is 0 Å². The summed E-state index contributed by atoms with van der Waals surface area (Å²) in [6.07, 6.45) is 1.13. The lowest BCUT2D eigenvalue weighted by atomic mass is 10.1. The van der Waals surface area contributed by atoms with Crippen LogP contribution in [0.25, 0.3) is 0 Å². The zero-order valence-corrected chi connectivity index (χ0v) is 10.8. The van der Waals surface area contributed by atoms with Gasteiger partial charge in [0.2, 0.25) is 0 Å². The van der Waals surface area contributed by atoms with Gasteiger partial charge in [0.15, 0.2) is 0 Å². The van der Waals surface area contributed by atoms with Crippen molar-refractivity contribution in [1.82, 2.24) is 0 Å². The molecule has 2 rings (SSSR count). The molecule has 2 nitrogen and oxygen atoms in total. The number of anilines is 2. The van der Waals surface area contributed by atoms with Gasteiger partial charge in [0, 0.05) is 19.2 Å². The molecule has 1 heterocycles. The first-order chi connectivity index (χ1) is 7.20. The van der Waals surface area contributed by atoms with Crippen LogP contribution >= 0.6 is 22.6 Å². The molecule has 4 heteroatoms. The van der Waals surface area contributed by atoms with E-state index >= 15 is 0 Å². The lowest BCUT2D eigenvalue weighted by molar-refractivity contribution is 0.570. The van der Waals surface area contributed by atoms with Gasteiger partial charge in [-0.3, -0.25) is 0 Å². The average molecular weight is 320 g/mol. The molecule has 1 atom stereocenters. The number of nitrogens with one attached hydrogen (secondary N) is 2. The first-order valence-electron chi connectivity index (χ1n) is 5.17. The van der Waals surface area contributed by atoms with Gasteiger partial charge in [-0.1, -0.05) is 6.92 Å². The Morgan fingerprint density at radius 2 is 1.93 bits per heavy atom. The highest BCUT2D eigenvalue weighted by Gasteiger charge is 2.15. The highest BCUT2D eigenvalue weighted by molar-refractivity contribution is 14.1. The van der Waals surface area contributed by atoms with Gasteiger partial charge in [-0.05, 0) is 41.0 Å². The van der Waals surface area contributed by atoms with Gasteiger partial charge < -0.3 is 10.6 Å². The minimum absolute atomic E-state index is 0.154. The number of benzene rings is 1. The average Bonchev–Trinajstić information content (AvgIpc) is 2.42. The summed E-state index contributed by atoms with van der Waals surface area (Å²) in [5.41, 5.74) is 1.89. The van der Waals surface area contributed by atoms with Crippen LogP contribution in [-0.4, -0.2) is 13.1 Å². The van der Waals surface area contributed by atoms with Gasteiger partial charge in [-0.25, -0.2) is 4.39 Å². The van der Waals surface area contributed by atoms with E-state index in [1.807, 2.05) is 28.7 Å². The minimum atomic E-state index is -0.154. The van der Waals surface area contributed by atoms with E-state index in [-0.39, 0.29) is 5.82 Å². The predicted molar refractivity (Wildman–Crippen MR) is 69.9 cm³/mol. The summed E-state index contributed by atoms with van der Waals surface area (Å²) >= 11 is 2.01. The van der Waals surface area contributed by atoms with Crippen LogP contribution in [0.5, 0.6) is 0 Å². The minimum Gasteiger partial charge on any atom is -0.383 e. The Bertz CT molecular complexity index is 335. The maximum Gasteiger partial charge on any atom is 0.138 e. The molecular weight excluding hydrogens is 306 g/mol. The molecule has 0 fully saturated rings. The zero-order valence-electron chi connectivity index (χ0n) is 8.61. The van der Waals surface area contributed by atoms with Crippen molar-refractivity contribution in [2.45, 2.75) is 13.3 Å². The molecule has 2 N–H and O–H groups in total. The monoisotopic (exact) mass is 320 g/mol. The molecule has 0 spiro atoms. The molecule has 82 valence electrons. The Balaban J connectivity index is 2.27. The van der Waals surface area contributed by atoms with Gasteiger partial charge in [-0.2, -0.15) is 0 Å². The smallest absolute Gasteiger partial charge is 0.138 e. The summed E-state index contributed by atoms with van der Waals surface area (Å²) in [5, 5.41) is 6.65. The summed E-state index contributed by atoms with van der Waals surface area (Å²) in [7, 11) is 0. The summed E-state index contributed by atoms with van der Waals surface area (Å²) in [5.74, 6) is 0.455. The van der Waals surface area contributed by atoms with Crippen LogP contribution in [0.3, 0.4) is 0 Å². The van der Waals surface area contributed by atoms with E-state index in [0.717, 1.165) is 30.9 Å². The van der Waals surface area contributed by atoms with Crippen LogP contribution < -0.4 is 10.6 Å². The van der Waals surface area contributed by atoms with Crippen LogP contribution in [0.2, 0.25) is 0 Å². The summed E-state index contributed by atoms with van der Waals surface area (Å²) in [6.45, 7) is 4.04. The van der Waals surface area contributed by atoms with Crippen molar-refractivity contribution in [3.8, 4) is 0 Å². The van der Waals surface area contributed by atoms with Gasteiger partial charge in [0.25, 0.3) is 0 Å². The van der Waals surface area contributed by atoms with Gasteiger partial charge >= 0.3 is 0 Å². The van der Waals surface area contributed by atoms with Crippen molar-refractivity contribution in [2.75, 3.05) is 23.7 Å². The number of fused-ring (bicyclic) bond motifs is 1. The van der Waals surface area contributed by atoms with E-state index < -0.39 is 0 Å². The van der Waals surface area contributed by atoms with Gasteiger partial charge in [-0.15, -0.1) is 0 Å². The topological polar surface area (TPSA) is 24.1 Å². The highest BCUT2D eigenvalue weighted by atomic mass is 127. The zero-order chi connectivity index (χ0) is 10.8. The lowest BCUT2D eigenvalue weighted by Gasteiger charge is -2.10. The molecule has 1 aliphatic rings. The maximum atomic E-state index is 13.3. The second-order valence-electron chi connectivity index (χ2n) is 3.85. The molecule has 0 amide bonds. The number of halogens is 2. The second kappa shape index (κ2) is 4.55. The fraction of sp³-hybridized carbons (Fsp3) is 0.455. The molecule has 1 aromatic rings. The molecule has 0 aromatic heterocycles. The number of rotatable bonds is 1. The van der Waals surface area contributed by atoms with Gasteiger partial charge in [0.05, 0.1) is 14.9 Å². The normalized spacial score (nSPS) is 19.8. The molecule has 0 radical (unpaired) electrons. The Kier molecular flexibility index (Phi) is 3.33. The van der Waals surface area contributed by atoms with E-state index in [0.29, 0.717) is 9.49 Å². The van der Waals surface area contributed by atoms with Crippen molar-refractivity contribution in [3.05, 3.63) is 21.5 Å². The maximum absolute atomic E-state index is 13.3. The third-order valence-corrected chi connectivity index (χ3v) is 3.63. The first kappa shape index (κ1) is 11.0. The molecule has 15 heavy (non-hydrogen) atoms. The van der Waals surface area contributed by atoms with Gasteiger partial charge in [0.1, 0.15) is 5.82 Å². The summed E-state index contributed by atoms with van der Waals surface area (Å²) in [4.78, 5) is 0. The molecule has 0 bridgehead atoms. The highest BCUT2D eigenvalue weighted by Crippen LogP contribution is 2.29. The molecule has 0 saturated heterocycles. The van der Waals surface area contributed by atoms with E-state index in [1.54, 1.807) is 6.07 Å². The van der Waals surface area contributed by atoms with E-state index in [4.69, 9.17) is 0 Å². The molecule has 0 saturated carbocycles. The van der Waals surface area contributed by atoms with E-state index in [2.05, 4.69) is 17.6 Å². The second-order valence-corrected chi connectivity index (χ2v) is 5.01. The van der Waals surface area contributed by atoms with Crippen molar-refractivity contribution in [3.63, 3.8) is 0 Å². The standard InChI is InChI=1S/C11H14FIN2/c1-2-7-5-14-10-3-8(12)9(13)4-11(10)15-6-7/h3-4,7,14-15H,2,5-6H2,1H3. The van der Waals surface area contributed by atoms with E-state index in [1.165, 1.54) is 0 Å². The summed E-state index contributed by atoms with van der Waals surface area (Å²) in [6, 6.07) is 3.43. The van der Waals surface area contributed by atoms with Crippen LogP contribution in [0.15, 0.2) is 12.1 Å². The third kappa shape index (κ3) is 2.35.